The van der Waals surface area contributed by atoms with Gasteiger partial charge in [0, 0.05) is 25.4 Å². The molecular formula is C21H22N4O2. The fourth-order valence-corrected chi connectivity index (χ4v) is 3.61. The van der Waals surface area contributed by atoms with Crippen LogP contribution in [-0.2, 0) is 17.8 Å². The first-order chi connectivity index (χ1) is 13.2. The number of aromatic nitrogens is 3. The number of hydrogen-bond acceptors (Lipinski definition) is 3. The second kappa shape index (κ2) is 7.23. The minimum Gasteiger partial charge on any atom is -0.338 e. The molecule has 0 bridgehead atoms. The van der Waals surface area contributed by atoms with Gasteiger partial charge in [-0.2, -0.15) is 5.10 Å². The smallest absolute Gasteiger partial charge is 0.338 e. The number of carbonyl (C=O) groups excluding carboxylic acids is 1. The van der Waals surface area contributed by atoms with Gasteiger partial charge in [-0.05, 0) is 29.7 Å². The number of nitrogens with one attached hydrogen (secondary N) is 1. The zero-order valence-corrected chi connectivity index (χ0v) is 15.3. The van der Waals surface area contributed by atoms with Crippen LogP contribution in [0.25, 0.3) is 5.69 Å². The molecule has 0 radical (unpaired) electrons. The normalized spacial score (nSPS) is 16.9. The largest absolute Gasteiger partial charge is 0.347 e. The summed E-state index contributed by atoms with van der Waals surface area (Å²) in [6.07, 6.45) is 1.31. The van der Waals surface area contributed by atoms with Crippen LogP contribution < -0.4 is 5.69 Å². The molecule has 1 aliphatic heterocycles. The lowest BCUT2D eigenvalue weighted by atomic mass is 10.1. The Labute approximate surface area is 157 Å². The topological polar surface area (TPSA) is 71.0 Å². The van der Waals surface area contributed by atoms with Crippen LogP contribution in [-0.4, -0.2) is 32.1 Å². The Morgan fingerprint density at radius 1 is 1.04 bits per heavy atom. The van der Waals surface area contributed by atoms with Gasteiger partial charge in [0.25, 0.3) is 0 Å². The monoisotopic (exact) mass is 362 g/mol. The molecular weight excluding hydrogens is 340 g/mol. The van der Waals surface area contributed by atoms with Crippen molar-refractivity contribution in [3.8, 4) is 5.69 Å². The second-order valence-electron chi connectivity index (χ2n) is 6.90. The summed E-state index contributed by atoms with van der Waals surface area (Å²) >= 11 is 0. The summed E-state index contributed by atoms with van der Waals surface area (Å²) in [5.41, 5.74) is 2.81. The van der Waals surface area contributed by atoms with Gasteiger partial charge in [-0.3, -0.25) is 4.79 Å². The molecule has 0 unspecified atom stereocenters. The van der Waals surface area contributed by atoms with E-state index in [0.29, 0.717) is 25.3 Å². The lowest BCUT2D eigenvalue weighted by molar-refractivity contribution is -0.128. The molecule has 138 valence electrons. The van der Waals surface area contributed by atoms with Gasteiger partial charge in [-0.15, -0.1) is 0 Å². The van der Waals surface area contributed by atoms with Crippen LogP contribution >= 0.6 is 0 Å². The Morgan fingerprint density at radius 2 is 1.78 bits per heavy atom. The van der Waals surface area contributed by atoms with E-state index >= 15 is 0 Å². The van der Waals surface area contributed by atoms with Gasteiger partial charge in [-0.25, -0.2) is 14.5 Å². The van der Waals surface area contributed by atoms with Crippen LogP contribution in [0.1, 0.15) is 36.2 Å². The number of benzene rings is 2. The van der Waals surface area contributed by atoms with Crippen LogP contribution in [0.15, 0.2) is 59.4 Å². The average molecular weight is 362 g/mol. The van der Waals surface area contributed by atoms with Gasteiger partial charge in [-0.1, -0.05) is 49.4 Å². The molecule has 2 aromatic carbocycles. The van der Waals surface area contributed by atoms with Crippen molar-refractivity contribution in [2.24, 2.45) is 0 Å². The van der Waals surface area contributed by atoms with Gasteiger partial charge in [0.1, 0.15) is 5.82 Å². The van der Waals surface area contributed by atoms with Crippen molar-refractivity contribution in [1.29, 1.82) is 0 Å². The summed E-state index contributed by atoms with van der Waals surface area (Å²) in [6, 6.07) is 17.8. The number of rotatable bonds is 5. The Balaban J connectivity index is 1.59. The van der Waals surface area contributed by atoms with Gasteiger partial charge >= 0.3 is 5.69 Å². The molecule has 1 atom stereocenters. The average Bonchev–Trinajstić information content (AvgIpc) is 3.25. The molecule has 1 saturated heterocycles. The standard InChI is InChI=1S/C21H22N4O2/c1-2-15-8-10-18(11-9-15)25-20(22-23-21(25)27)17-12-19(26)24(14-17)13-16-6-4-3-5-7-16/h3-11,17H,2,12-14H2,1H3,(H,23,27)/t17-/m0/s1. The Hall–Kier alpha value is -3.15. The molecule has 6 nitrogen and oxygen atoms in total. The van der Waals surface area contributed by atoms with Gasteiger partial charge in [0.05, 0.1) is 5.69 Å². The maximum absolute atomic E-state index is 12.5. The van der Waals surface area contributed by atoms with E-state index in [4.69, 9.17) is 0 Å². The van der Waals surface area contributed by atoms with Gasteiger partial charge < -0.3 is 4.90 Å². The van der Waals surface area contributed by atoms with Gasteiger partial charge in [0.15, 0.2) is 0 Å². The predicted octanol–water partition coefficient (Wildman–Crippen LogP) is 2.64. The van der Waals surface area contributed by atoms with Crippen LogP contribution in [0.3, 0.4) is 0 Å². The van der Waals surface area contributed by atoms with E-state index in [1.54, 1.807) is 4.57 Å². The predicted molar refractivity (Wildman–Crippen MR) is 103 cm³/mol. The highest BCUT2D eigenvalue weighted by Gasteiger charge is 2.34. The van der Waals surface area contributed by atoms with E-state index in [0.717, 1.165) is 17.7 Å². The molecule has 4 rings (SSSR count). The van der Waals surface area contributed by atoms with Crippen LogP contribution in [0, 0.1) is 0 Å². The quantitative estimate of drug-likeness (QED) is 0.758. The molecule has 1 amide bonds. The van der Waals surface area contributed by atoms with E-state index in [2.05, 4.69) is 17.1 Å². The molecule has 0 saturated carbocycles. The molecule has 2 heterocycles. The highest BCUT2D eigenvalue weighted by atomic mass is 16.2. The van der Waals surface area contributed by atoms with Crippen molar-refractivity contribution in [2.45, 2.75) is 32.2 Å². The SMILES string of the molecule is CCc1ccc(-n2c([C@H]3CC(=O)N(Cc4ccccc4)C3)n[nH]c2=O)cc1. The highest BCUT2D eigenvalue weighted by molar-refractivity contribution is 5.79. The van der Waals surface area contributed by atoms with Crippen LogP contribution in [0.4, 0.5) is 0 Å². The first-order valence-corrected chi connectivity index (χ1v) is 9.24. The molecule has 1 fully saturated rings. The molecule has 1 aliphatic rings. The number of hydrogen-bond donors (Lipinski definition) is 1. The van der Waals surface area contributed by atoms with Crippen molar-refractivity contribution in [3.63, 3.8) is 0 Å². The second-order valence-corrected chi connectivity index (χ2v) is 6.90. The Bertz CT molecular complexity index is 989. The fourth-order valence-electron chi connectivity index (χ4n) is 3.61. The molecule has 27 heavy (non-hydrogen) atoms. The summed E-state index contributed by atoms with van der Waals surface area (Å²) in [6.45, 7) is 3.23. The van der Waals surface area contributed by atoms with Crippen molar-refractivity contribution in [1.82, 2.24) is 19.7 Å². The zero-order valence-electron chi connectivity index (χ0n) is 15.3. The maximum atomic E-state index is 12.5. The van der Waals surface area contributed by atoms with E-state index in [9.17, 15) is 9.59 Å². The molecule has 0 aliphatic carbocycles. The molecule has 1 N–H and O–H groups in total. The van der Waals surface area contributed by atoms with E-state index in [1.165, 1.54) is 5.56 Å². The highest BCUT2D eigenvalue weighted by Crippen LogP contribution is 2.28. The minimum atomic E-state index is -0.275. The summed E-state index contributed by atoms with van der Waals surface area (Å²) in [7, 11) is 0. The number of likely N-dealkylation sites (tertiary alicyclic amines) is 1. The third kappa shape index (κ3) is 3.43. The van der Waals surface area contributed by atoms with Crippen molar-refractivity contribution >= 4 is 5.91 Å². The van der Waals surface area contributed by atoms with Crippen molar-refractivity contribution in [2.75, 3.05) is 6.54 Å². The Morgan fingerprint density at radius 3 is 2.48 bits per heavy atom. The number of carbonyl (C=O) groups is 1. The lowest BCUT2D eigenvalue weighted by Crippen LogP contribution is -2.25. The summed E-state index contributed by atoms with van der Waals surface area (Å²) < 4.78 is 1.59. The summed E-state index contributed by atoms with van der Waals surface area (Å²) in [5, 5.41) is 6.79. The van der Waals surface area contributed by atoms with Crippen LogP contribution in [0.2, 0.25) is 0 Å². The zero-order chi connectivity index (χ0) is 18.8. The van der Waals surface area contributed by atoms with E-state index < -0.39 is 0 Å². The third-order valence-electron chi connectivity index (χ3n) is 5.10. The fraction of sp³-hybridized carbons (Fsp3) is 0.286. The van der Waals surface area contributed by atoms with E-state index in [1.807, 2.05) is 59.5 Å². The van der Waals surface area contributed by atoms with Crippen molar-refractivity contribution in [3.05, 3.63) is 82.0 Å². The van der Waals surface area contributed by atoms with Crippen molar-refractivity contribution < 1.29 is 4.79 Å². The number of aryl methyl sites for hydroxylation is 1. The number of aromatic amines is 1. The molecule has 1 aromatic heterocycles. The number of H-pyrrole nitrogens is 1. The minimum absolute atomic E-state index is 0.0900. The number of amides is 1. The first kappa shape index (κ1) is 17.3. The summed E-state index contributed by atoms with van der Waals surface area (Å²) in [5.74, 6) is 0.603. The third-order valence-corrected chi connectivity index (χ3v) is 5.10. The first-order valence-electron chi connectivity index (χ1n) is 9.24. The van der Waals surface area contributed by atoms with E-state index in [-0.39, 0.29) is 17.5 Å². The van der Waals surface area contributed by atoms with Gasteiger partial charge in [0.2, 0.25) is 5.91 Å². The molecule has 0 spiro atoms. The summed E-state index contributed by atoms with van der Waals surface area (Å²) in [4.78, 5) is 26.7. The Kier molecular flexibility index (Phi) is 4.62. The maximum Gasteiger partial charge on any atom is 0.347 e. The molecule has 6 heteroatoms. The van der Waals surface area contributed by atoms with Crippen LogP contribution in [0.5, 0.6) is 0 Å². The number of nitrogens with zero attached hydrogens (tertiary/aromatic N) is 3. The lowest BCUT2D eigenvalue weighted by Gasteiger charge is -2.17. The molecule has 3 aromatic rings.